The molecule has 0 fully saturated rings. The molecule has 0 spiro atoms. The number of nitrogens with one attached hydrogen (secondary N) is 1. The van der Waals surface area contributed by atoms with E-state index in [1.165, 1.54) is 18.9 Å². The van der Waals surface area contributed by atoms with Gasteiger partial charge in [-0.25, -0.2) is 4.79 Å². The highest BCUT2D eigenvalue weighted by atomic mass is 32.2. The second kappa shape index (κ2) is 13.2. The number of benzene rings is 3. The van der Waals surface area contributed by atoms with Crippen molar-refractivity contribution >= 4 is 29.4 Å². The number of rotatable bonds is 8. The Bertz CT molecular complexity index is 1640. The molecular formula is C34H35N3O5S. The van der Waals surface area contributed by atoms with E-state index in [9.17, 15) is 14.4 Å². The van der Waals surface area contributed by atoms with Gasteiger partial charge in [0, 0.05) is 42.4 Å². The third kappa shape index (κ3) is 6.46. The second-order valence-corrected chi connectivity index (χ2v) is 11.7. The van der Waals surface area contributed by atoms with Gasteiger partial charge in [-0.2, -0.15) is 0 Å². The predicted octanol–water partition coefficient (Wildman–Crippen LogP) is 6.52. The molecule has 0 saturated carbocycles. The summed E-state index contributed by atoms with van der Waals surface area (Å²) in [4.78, 5) is 43.1. The van der Waals surface area contributed by atoms with Gasteiger partial charge in [-0.1, -0.05) is 72.8 Å². The second-order valence-electron chi connectivity index (χ2n) is 10.7. The van der Waals surface area contributed by atoms with Gasteiger partial charge in [0.25, 0.3) is 5.91 Å². The van der Waals surface area contributed by atoms with Crippen LogP contribution in [-0.4, -0.2) is 41.7 Å². The minimum Gasteiger partial charge on any atom is -0.482 e. The maximum atomic E-state index is 14.2. The molecule has 1 unspecified atom stereocenters. The number of hydrogen-bond acceptors (Lipinski definition) is 6. The quantitative estimate of drug-likeness (QED) is 0.249. The van der Waals surface area contributed by atoms with Crippen molar-refractivity contribution in [3.63, 3.8) is 0 Å². The van der Waals surface area contributed by atoms with Crippen LogP contribution < -0.4 is 15.5 Å². The summed E-state index contributed by atoms with van der Waals surface area (Å²) in [5.74, 6) is 0.189. The predicted molar refractivity (Wildman–Crippen MR) is 169 cm³/mol. The van der Waals surface area contributed by atoms with Crippen molar-refractivity contribution in [2.24, 2.45) is 0 Å². The lowest BCUT2D eigenvalue weighted by Crippen LogP contribution is -2.37. The standard InChI is InChI=1S/C34H35N3O5S/c1-22(2)36(3)33(39)30-32(42-20-23-12-6-5-7-13-23)31(38)28(35-34(40)41-4)19-37(30)18-27-25-15-9-8-14-24(25)21-43-29-17-11-10-16-26(27)29/h5-17,19,22,27H,18,20-21H2,1-4H3,(H,35,40). The lowest BCUT2D eigenvalue weighted by atomic mass is 9.88. The van der Waals surface area contributed by atoms with Gasteiger partial charge in [-0.3, -0.25) is 14.9 Å². The summed E-state index contributed by atoms with van der Waals surface area (Å²) in [6.07, 6.45) is 0.733. The van der Waals surface area contributed by atoms with Gasteiger partial charge in [0.1, 0.15) is 12.3 Å². The zero-order valence-electron chi connectivity index (χ0n) is 24.7. The zero-order chi connectivity index (χ0) is 30.5. The third-order valence-corrected chi connectivity index (χ3v) is 8.81. The maximum absolute atomic E-state index is 14.2. The smallest absolute Gasteiger partial charge is 0.411 e. The SMILES string of the molecule is COC(=O)Nc1cn(CC2c3ccccc3CSc3ccccc32)c(C(=O)N(C)C(C)C)c(OCc2ccccc2)c1=O. The van der Waals surface area contributed by atoms with Gasteiger partial charge >= 0.3 is 6.09 Å². The third-order valence-electron chi connectivity index (χ3n) is 7.67. The minimum atomic E-state index is -0.794. The number of carbonyl (C=O) groups is 2. The van der Waals surface area contributed by atoms with Crippen LogP contribution in [0.15, 0.2) is 94.7 Å². The summed E-state index contributed by atoms with van der Waals surface area (Å²) in [5.41, 5.74) is 3.79. The summed E-state index contributed by atoms with van der Waals surface area (Å²) >= 11 is 1.78. The van der Waals surface area contributed by atoms with E-state index < -0.39 is 11.5 Å². The molecular weight excluding hydrogens is 562 g/mol. The van der Waals surface area contributed by atoms with Crippen LogP contribution in [0, 0.1) is 0 Å². The van der Waals surface area contributed by atoms with Crippen molar-refractivity contribution in [3.8, 4) is 5.75 Å². The highest BCUT2D eigenvalue weighted by Gasteiger charge is 2.31. The molecule has 3 aromatic carbocycles. The molecule has 0 saturated heterocycles. The molecule has 222 valence electrons. The fourth-order valence-electron chi connectivity index (χ4n) is 5.14. The van der Waals surface area contributed by atoms with Gasteiger partial charge < -0.3 is 18.9 Å². The first kappa shape index (κ1) is 30.0. The number of amides is 2. The summed E-state index contributed by atoms with van der Waals surface area (Å²) in [6, 6.07) is 25.8. The molecule has 2 heterocycles. The molecule has 1 aliphatic rings. The Morgan fingerprint density at radius 3 is 2.40 bits per heavy atom. The number of anilines is 1. The summed E-state index contributed by atoms with van der Waals surface area (Å²) in [5, 5.41) is 2.54. The van der Waals surface area contributed by atoms with Gasteiger partial charge in [-0.05, 0) is 42.2 Å². The molecule has 9 heteroatoms. The first-order valence-corrected chi connectivity index (χ1v) is 15.1. The van der Waals surface area contributed by atoms with Gasteiger partial charge in [-0.15, -0.1) is 11.8 Å². The number of thioether (sulfide) groups is 1. The number of methoxy groups -OCH3 is 1. The zero-order valence-corrected chi connectivity index (χ0v) is 25.5. The van der Waals surface area contributed by atoms with Crippen LogP contribution in [0.5, 0.6) is 5.75 Å². The minimum absolute atomic E-state index is 0.0387. The Hall–Kier alpha value is -4.50. The normalized spacial score (nSPS) is 13.8. The number of ether oxygens (including phenoxy) is 2. The molecule has 8 nitrogen and oxygen atoms in total. The van der Waals surface area contributed by atoms with E-state index in [0.717, 1.165) is 27.3 Å². The van der Waals surface area contributed by atoms with Crippen molar-refractivity contribution in [3.05, 3.63) is 123 Å². The Morgan fingerprint density at radius 2 is 1.67 bits per heavy atom. The van der Waals surface area contributed by atoms with E-state index in [1.54, 1.807) is 28.3 Å². The van der Waals surface area contributed by atoms with E-state index in [4.69, 9.17) is 9.47 Å². The number of fused-ring (bicyclic) bond motifs is 2. The van der Waals surface area contributed by atoms with Crippen LogP contribution in [0.3, 0.4) is 0 Å². The van der Waals surface area contributed by atoms with Crippen LogP contribution in [0.4, 0.5) is 10.5 Å². The molecule has 1 N–H and O–H groups in total. The average molecular weight is 598 g/mol. The molecule has 1 atom stereocenters. The Morgan fingerprint density at radius 1 is 1.00 bits per heavy atom. The van der Waals surface area contributed by atoms with Gasteiger partial charge in [0.05, 0.1) is 7.11 Å². The highest BCUT2D eigenvalue weighted by Crippen LogP contribution is 2.41. The van der Waals surface area contributed by atoms with Crippen molar-refractivity contribution in [2.45, 2.75) is 49.6 Å². The Balaban J connectivity index is 1.72. The number of nitrogens with zero attached hydrogens (tertiary/aromatic N) is 2. The van der Waals surface area contributed by atoms with Crippen LogP contribution in [-0.2, 0) is 23.6 Å². The largest absolute Gasteiger partial charge is 0.482 e. The number of carbonyl (C=O) groups excluding carboxylic acids is 2. The summed E-state index contributed by atoms with van der Waals surface area (Å²) in [6.45, 7) is 4.20. The van der Waals surface area contributed by atoms with Crippen molar-refractivity contribution < 1.29 is 19.1 Å². The van der Waals surface area contributed by atoms with Crippen LogP contribution in [0.1, 0.15) is 52.5 Å². The first-order valence-electron chi connectivity index (χ1n) is 14.1. The maximum Gasteiger partial charge on any atom is 0.411 e. The fraction of sp³-hybridized carbons (Fsp3) is 0.265. The molecule has 1 aliphatic heterocycles. The first-order chi connectivity index (χ1) is 20.8. The number of pyridine rings is 1. The highest BCUT2D eigenvalue weighted by molar-refractivity contribution is 7.98. The lowest BCUT2D eigenvalue weighted by molar-refractivity contribution is 0.0736. The molecule has 4 aromatic rings. The number of hydrogen-bond donors (Lipinski definition) is 1. The topological polar surface area (TPSA) is 89.9 Å². The van der Waals surface area contributed by atoms with Gasteiger partial charge in [0.2, 0.25) is 5.43 Å². The van der Waals surface area contributed by atoms with E-state index in [1.807, 2.05) is 68.4 Å². The summed E-state index contributed by atoms with van der Waals surface area (Å²) in [7, 11) is 2.93. The number of aromatic nitrogens is 1. The van der Waals surface area contributed by atoms with Crippen LogP contribution in [0.25, 0.3) is 0 Å². The average Bonchev–Trinajstić information content (AvgIpc) is 3.18. The summed E-state index contributed by atoms with van der Waals surface area (Å²) < 4.78 is 12.7. The molecule has 2 amide bonds. The molecule has 0 radical (unpaired) electrons. The van der Waals surface area contributed by atoms with E-state index >= 15 is 0 Å². The molecule has 0 aliphatic carbocycles. The van der Waals surface area contributed by atoms with Crippen LogP contribution >= 0.6 is 11.8 Å². The van der Waals surface area contributed by atoms with Crippen LogP contribution in [0.2, 0.25) is 0 Å². The van der Waals surface area contributed by atoms with E-state index in [-0.39, 0.29) is 41.6 Å². The van der Waals surface area contributed by atoms with Gasteiger partial charge in [0.15, 0.2) is 11.4 Å². The Kier molecular flexibility index (Phi) is 9.21. The monoisotopic (exact) mass is 597 g/mol. The lowest BCUT2D eigenvalue weighted by Gasteiger charge is -2.28. The molecule has 0 bridgehead atoms. The van der Waals surface area contributed by atoms with Crippen molar-refractivity contribution in [1.82, 2.24) is 9.47 Å². The van der Waals surface area contributed by atoms with Crippen molar-refractivity contribution in [2.75, 3.05) is 19.5 Å². The molecule has 1 aromatic heterocycles. The fourth-order valence-corrected chi connectivity index (χ4v) is 6.27. The molecule has 43 heavy (non-hydrogen) atoms. The van der Waals surface area contributed by atoms with E-state index in [2.05, 4.69) is 29.6 Å². The van der Waals surface area contributed by atoms with Crippen molar-refractivity contribution in [1.29, 1.82) is 0 Å². The van der Waals surface area contributed by atoms with E-state index in [0.29, 0.717) is 6.54 Å². The Labute approximate surface area is 255 Å². The molecule has 5 rings (SSSR count).